The van der Waals surface area contributed by atoms with Crippen molar-refractivity contribution in [1.82, 2.24) is 9.80 Å². The van der Waals surface area contributed by atoms with Crippen molar-refractivity contribution in [2.24, 2.45) is 5.92 Å². The molecule has 0 N–H and O–H groups in total. The van der Waals surface area contributed by atoms with E-state index in [0.717, 1.165) is 12.1 Å². The molecule has 0 aromatic heterocycles. The third-order valence-corrected chi connectivity index (χ3v) is 5.52. The van der Waals surface area contributed by atoms with E-state index < -0.39 is 17.1 Å². The molecule has 0 bridgehead atoms. The minimum Gasteiger partial charge on any atom is -0.341 e. The second-order valence-corrected chi connectivity index (χ2v) is 7.51. The van der Waals surface area contributed by atoms with E-state index >= 15 is 0 Å². The zero-order valence-electron chi connectivity index (χ0n) is 15.0. The Labute approximate surface area is 155 Å². The van der Waals surface area contributed by atoms with Crippen molar-refractivity contribution < 1.29 is 22.8 Å². The largest absolute Gasteiger partial charge is 0.416 e. The van der Waals surface area contributed by atoms with E-state index in [1.54, 1.807) is 15.9 Å². The molecular formula is C18H23F3N2O2S. The summed E-state index contributed by atoms with van der Waals surface area (Å²) in [6, 6.07) is 5.09. The van der Waals surface area contributed by atoms with E-state index in [9.17, 15) is 22.8 Å². The second kappa shape index (κ2) is 8.33. The number of carbonyl (C=O) groups is 2. The molecule has 144 valence electrons. The van der Waals surface area contributed by atoms with Crippen LogP contribution in [0.2, 0.25) is 0 Å². The number of hydrogen-bond acceptors (Lipinski definition) is 3. The van der Waals surface area contributed by atoms with Crippen LogP contribution in [0.1, 0.15) is 37.3 Å². The lowest BCUT2D eigenvalue weighted by atomic mass is 10.1. The van der Waals surface area contributed by atoms with Gasteiger partial charge in [0.1, 0.15) is 5.37 Å². The Morgan fingerprint density at radius 3 is 2.65 bits per heavy atom. The van der Waals surface area contributed by atoms with Gasteiger partial charge in [-0.3, -0.25) is 9.59 Å². The van der Waals surface area contributed by atoms with E-state index in [1.165, 1.54) is 17.8 Å². The molecule has 1 aromatic carbocycles. The van der Waals surface area contributed by atoms with Gasteiger partial charge in [0.2, 0.25) is 11.8 Å². The Hall–Kier alpha value is -1.70. The minimum absolute atomic E-state index is 0.00224. The van der Waals surface area contributed by atoms with Crippen LogP contribution in [-0.4, -0.2) is 47.0 Å². The maximum atomic E-state index is 13.0. The summed E-state index contributed by atoms with van der Waals surface area (Å²) in [5, 5.41) is -0.461. The zero-order chi connectivity index (χ0) is 19.5. The lowest BCUT2D eigenvalue weighted by Gasteiger charge is -2.29. The number of alkyl halides is 3. The molecule has 0 aliphatic carbocycles. The maximum Gasteiger partial charge on any atom is 0.416 e. The van der Waals surface area contributed by atoms with Gasteiger partial charge in [-0.25, -0.2) is 0 Å². The van der Waals surface area contributed by atoms with Gasteiger partial charge < -0.3 is 9.80 Å². The Kier molecular flexibility index (Phi) is 6.60. The number of thioether (sulfide) groups is 1. The van der Waals surface area contributed by atoms with Crippen LogP contribution in [0.5, 0.6) is 0 Å². The van der Waals surface area contributed by atoms with Gasteiger partial charge in [-0.15, -0.1) is 11.8 Å². The molecule has 0 spiro atoms. The van der Waals surface area contributed by atoms with Crippen LogP contribution in [0, 0.1) is 5.92 Å². The molecule has 0 radical (unpaired) electrons. The molecule has 2 amide bonds. The number of likely N-dealkylation sites (N-methyl/N-ethyl adjacent to an activating group) is 1. The summed E-state index contributed by atoms with van der Waals surface area (Å²) >= 11 is 1.31. The number of halogens is 3. The number of rotatable bonds is 6. The van der Waals surface area contributed by atoms with E-state index in [2.05, 4.69) is 0 Å². The summed E-state index contributed by atoms with van der Waals surface area (Å²) in [6.45, 7) is 6.69. The SMILES string of the molecule is CCN(CCN1C(=O)CS[C@@H]1c1cccc(C(F)(F)F)c1)C(=O)C(C)C. The molecule has 8 heteroatoms. The topological polar surface area (TPSA) is 40.6 Å². The highest BCUT2D eigenvalue weighted by molar-refractivity contribution is 8.00. The van der Waals surface area contributed by atoms with Crippen molar-refractivity contribution in [2.75, 3.05) is 25.4 Å². The molecule has 1 aliphatic rings. The Bertz CT molecular complexity index is 664. The fraction of sp³-hybridized carbons (Fsp3) is 0.556. The third kappa shape index (κ3) is 4.72. The number of amides is 2. The van der Waals surface area contributed by atoms with Gasteiger partial charge >= 0.3 is 6.18 Å². The molecule has 26 heavy (non-hydrogen) atoms. The number of hydrogen-bond donors (Lipinski definition) is 0. The highest BCUT2D eigenvalue weighted by Gasteiger charge is 2.36. The molecule has 2 rings (SSSR count). The van der Waals surface area contributed by atoms with Crippen molar-refractivity contribution in [3.05, 3.63) is 35.4 Å². The Balaban J connectivity index is 2.15. The second-order valence-electron chi connectivity index (χ2n) is 6.45. The molecule has 1 aliphatic heterocycles. The van der Waals surface area contributed by atoms with Crippen molar-refractivity contribution >= 4 is 23.6 Å². The van der Waals surface area contributed by atoms with E-state index in [-0.39, 0.29) is 23.5 Å². The minimum atomic E-state index is -4.42. The van der Waals surface area contributed by atoms with Crippen molar-refractivity contribution in [3.8, 4) is 0 Å². The molecule has 1 fully saturated rings. The first-order valence-electron chi connectivity index (χ1n) is 8.52. The van der Waals surface area contributed by atoms with Gasteiger partial charge in [-0.05, 0) is 24.6 Å². The van der Waals surface area contributed by atoms with Gasteiger partial charge in [0.15, 0.2) is 0 Å². The van der Waals surface area contributed by atoms with E-state index in [1.807, 2.05) is 20.8 Å². The number of benzene rings is 1. The van der Waals surface area contributed by atoms with Gasteiger partial charge in [0, 0.05) is 25.6 Å². The molecule has 0 saturated carbocycles. The van der Waals surface area contributed by atoms with Crippen LogP contribution in [0.3, 0.4) is 0 Å². The molecule has 1 aromatic rings. The monoisotopic (exact) mass is 388 g/mol. The van der Waals surface area contributed by atoms with Crippen LogP contribution >= 0.6 is 11.8 Å². The molecule has 0 unspecified atom stereocenters. The summed E-state index contributed by atoms with van der Waals surface area (Å²) in [5.74, 6) is -0.0312. The first-order chi connectivity index (χ1) is 12.1. The fourth-order valence-electron chi connectivity index (χ4n) is 2.86. The van der Waals surface area contributed by atoms with Gasteiger partial charge in [0.05, 0.1) is 11.3 Å². The lowest BCUT2D eigenvalue weighted by molar-refractivity contribution is -0.138. The van der Waals surface area contributed by atoms with Crippen molar-refractivity contribution in [1.29, 1.82) is 0 Å². The summed E-state index contributed by atoms with van der Waals surface area (Å²) in [5.41, 5.74) is -0.269. The fourth-order valence-corrected chi connectivity index (χ4v) is 4.07. The van der Waals surface area contributed by atoms with Crippen LogP contribution in [0.25, 0.3) is 0 Å². The average molecular weight is 388 g/mol. The third-order valence-electron chi connectivity index (χ3n) is 4.27. The summed E-state index contributed by atoms with van der Waals surface area (Å²) < 4.78 is 38.9. The molecule has 4 nitrogen and oxygen atoms in total. The molecular weight excluding hydrogens is 365 g/mol. The quantitative estimate of drug-likeness (QED) is 0.745. The summed E-state index contributed by atoms with van der Waals surface area (Å²) in [4.78, 5) is 27.6. The maximum absolute atomic E-state index is 13.0. The predicted molar refractivity (Wildman–Crippen MR) is 95.4 cm³/mol. The van der Waals surface area contributed by atoms with Gasteiger partial charge in [-0.2, -0.15) is 13.2 Å². The Morgan fingerprint density at radius 1 is 1.38 bits per heavy atom. The standard InChI is InChI=1S/C18H23F3N2O2S/c1-4-22(16(25)12(2)3)8-9-23-15(24)11-26-17(23)13-6-5-7-14(10-13)18(19,20)21/h5-7,10,12,17H,4,8-9,11H2,1-3H3/t17-/m1/s1. The molecule has 1 heterocycles. The predicted octanol–water partition coefficient (Wildman–Crippen LogP) is 3.78. The highest BCUT2D eigenvalue weighted by atomic mass is 32.2. The normalized spacial score (nSPS) is 17.9. The first kappa shape index (κ1) is 20.6. The average Bonchev–Trinajstić information content (AvgIpc) is 2.95. The van der Waals surface area contributed by atoms with Crippen LogP contribution < -0.4 is 0 Å². The Morgan fingerprint density at radius 2 is 2.08 bits per heavy atom. The van der Waals surface area contributed by atoms with Gasteiger partial charge in [-0.1, -0.05) is 26.0 Å². The number of carbonyl (C=O) groups excluding carboxylic acids is 2. The lowest BCUT2D eigenvalue weighted by Crippen LogP contribution is -2.41. The van der Waals surface area contributed by atoms with Crippen LogP contribution in [0.4, 0.5) is 13.2 Å². The van der Waals surface area contributed by atoms with Crippen molar-refractivity contribution in [2.45, 2.75) is 32.3 Å². The van der Waals surface area contributed by atoms with Crippen molar-refractivity contribution in [3.63, 3.8) is 0 Å². The van der Waals surface area contributed by atoms with E-state index in [0.29, 0.717) is 25.2 Å². The van der Waals surface area contributed by atoms with Gasteiger partial charge in [0.25, 0.3) is 0 Å². The summed E-state index contributed by atoms with van der Waals surface area (Å²) in [6.07, 6.45) is -4.42. The number of nitrogens with zero attached hydrogens (tertiary/aromatic N) is 2. The summed E-state index contributed by atoms with van der Waals surface area (Å²) in [7, 11) is 0. The van der Waals surface area contributed by atoms with E-state index in [4.69, 9.17) is 0 Å². The van der Waals surface area contributed by atoms with Crippen LogP contribution in [0.15, 0.2) is 24.3 Å². The zero-order valence-corrected chi connectivity index (χ0v) is 15.9. The van der Waals surface area contributed by atoms with Crippen LogP contribution in [-0.2, 0) is 15.8 Å². The first-order valence-corrected chi connectivity index (χ1v) is 9.57. The molecule has 1 atom stereocenters. The molecule has 1 saturated heterocycles. The highest BCUT2D eigenvalue weighted by Crippen LogP contribution is 2.40. The smallest absolute Gasteiger partial charge is 0.341 e.